The molecule has 0 amide bonds. The van der Waals surface area contributed by atoms with Crippen LogP contribution < -0.4 is 5.32 Å². The largest absolute Gasteiger partial charge is 0.313 e. The van der Waals surface area contributed by atoms with Crippen molar-refractivity contribution in [3.63, 3.8) is 0 Å². The number of nitrogens with one attached hydrogen (secondary N) is 1. The maximum absolute atomic E-state index is 6.28. The summed E-state index contributed by atoms with van der Waals surface area (Å²) in [6.45, 7) is 3.19. The number of hydrogen-bond donors (Lipinski definition) is 1. The minimum absolute atomic E-state index is 0.364. The van der Waals surface area contributed by atoms with E-state index in [0.717, 1.165) is 35.9 Å². The van der Waals surface area contributed by atoms with E-state index in [9.17, 15) is 0 Å². The average Bonchev–Trinajstić information content (AvgIpc) is 2.47. The van der Waals surface area contributed by atoms with E-state index in [1.807, 2.05) is 36.4 Å². The van der Waals surface area contributed by atoms with Crippen LogP contribution in [-0.2, 0) is 12.8 Å². The van der Waals surface area contributed by atoms with Crippen molar-refractivity contribution < 1.29 is 0 Å². The lowest BCUT2D eigenvalue weighted by molar-refractivity contribution is 0.505. The summed E-state index contributed by atoms with van der Waals surface area (Å²) in [7, 11) is 0. The molecule has 112 valence electrons. The van der Waals surface area contributed by atoms with Crippen molar-refractivity contribution in [3.8, 4) is 0 Å². The Kier molecular flexibility index (Phi) is 6.56. The lowest BCUT2D eigenvalue weighted by atomic mass is 9.99. The second-order valence-corrected chi connectivity index (χ2v) is 6.12. The zero-order valence-corrected chi connectivity index (χ0v) is 13.8. The summed E-state index contributed by atoms with van der Waals surface area (Å²) in [6.07, 6.45) is 2.99. The van der Waals surface area contributed by atoms with Crippen LogP contribution in [0.5, 0.6) is 0 Å². The smallest absolute Gasteiger partial charge is 0.0438 e. The summed E-state index contributed by atoms with van der Waals surface area (Å²) in [5.74, 6) is 0. The standard InChI is InChI=1S/C18H21Cl2N/c1-2-10-21-17(12-14-6-5-8-16(19)11-14)13-15-7-3-4-9-18(15)20/h3-9,11,17,21H,2,10,12-13H2,1H3. The van der Waals surface area contributed by atoms with Crippen LogP contribution in [0, 0.1) is 0 Å². The molecule has 0 heterocycles. The van der Waals surface area contributed by atoms with Crippen LogP contribution in [-0.4, -0.2) is 12.6 Å². The van der Waals surface area contributed by atoms with E-state index in [1.165, 1.54) is 11.1 Å². The molecule has 0 aliphatic heterocycles. The molecule has 2 aromatic carbocycles. The summed E-state index contributed by atoms with van der Waals surface area (Å²) >= 11 is 12.4. The molecular formula is C18H21Cl2N. The van der Waals surface area contributed by atoms with Crippen molar-refractivity contribution in [2.45, 2.75) is 32.2 Å². The van der Waals surface area contributed by atoms with Crippen LogP contribution in [0.3, 0.4) is 0 Å². The monoisotopic (exact) mass is 321 g/mol. The summed E-state index contributed by atoms with van der Waals surface area (Å²) in [6, 6.07) is 16.5. The first kappa shape index (κ1) is 16.4. The zero-order valence-electron chi connectivity index (χ0n) is 12.3. The van der Waals surface area contributed by atoms with Gasteiger partial charge in [-0.15, -0.1) is 0 Å². The highest BCUT2D eigenvalue weighted by Gasteiger charge is 2.12. The third kappa shape index (κ3) is 5.35. The Hall–Kier alpha value is -1.02. The molecule has 21 heavy (non-hydrogen) atoms. The predicted molar refractivity (Wildman–Crippen MR) is 92.4 cm³/mol. The highest BCUT2D eigenvalue weighted by Crippen LogP contribution is 2.19. The van der Waals surface area contributed by atoms with Gasteiger partial charge >= 0.3 is 0 Å². The number of halogens is 2. The quantitative estimate of drug-likeness (QED) is 0.743. The van der Waals surface area contributed by atoms with Crippen LogP contribution in [0.4, 0.5) is 0 Å². The lowest BCUT2D eigenvalue weighted by Gasteiger charge is -2.19. The van der Waals surface area contributed by atoms with Gasteiger partial charge < -0.3 is 5.32 Å². The Labute approximate surface area is 137 Å². The van der Waals surface area contributed by atoms with Crippen molar-refractivity contribution >= 4 is 23.2 Å². The van der Waals surface area contributed by atoms with Crippen LogP contribution >= 0.6 is 23.2 Å². The normalized spacial score (nSPS) is 12.3. The van der Waals surface area contributed by atoms with Gasteiger partial charge in [-0.2, -0.15) is 0 Å². The van der Waals surface area contributed by atoms with Crippen molar-refractivity contribution in [1.29, 1.82) is 0 Å². The van der Waals surface area contributed by atoms with Crippen LogP contribution in [0.25, 0.3) is 0 Å². The first-order valence-electron chi connectivity index (χ1n) is 7.40. The van der Waals surface area contributed by atoms with Gasteiger partial charge in [-0.25, -0.2) is 0 Å². The van der Waals surface area contributed by atoms with Gasteiger partial charge in [-0.3, -0.25) is 0 Å². The molecule has 0 saturated heterocycles. The van der Waals surface area contributed by atoms with Gasteiger partial charge in [0, 0.05) is 16.1 Å². The molecule has 0 spiro atoms. The third-order valence-corrected chi connectivity index (χ3v) is 4.08. The Morgan fingerprint density at radius 2 is 1.81 bits per heavy atom. The van der Waals surface area contributed by atoms with E-state index < -0.39 is 0 Å². The fourth-order valence-corrected chi connectivity index (χ4v) is 2.87. The molecule has 0 aliphatic carbocycles. The summed E-state index contributed by atoms with van der Waals surface area (Å²) in [5, 5.41) is 5.24. The molecule has 0 fully saturated rings. The second kappa shape index (κ2) is 8.43. The summed E-state index contributed by atoms with van der Waals surface area (Å²) in [5.41, 5.74) is 2.44. The zero-order chi connectivity index (χ0) is 15.1. The van der Waals surface area contributed by atoms with Crippen LogP contribution in [0.15, 0.2) is 48.5 Å². The van der Waals surface area contributed by atoms with Gasteiger partial charge in [0.15, 0.2) is 0 Å². The van der Waals surface area contributed by atoms with E-state index >= 15 is 0 Å². The Morgan fingerprint density at radius 3 is 2.52 bits per heavy atom. The summed E-state index contributed by atoms with van der Waals surface area (Å²) in [4.78, 5) is 0. The van der Waals surface area contributed by atoms with E-state index in [0.29, 0.717) is 6.04 Å². The molecule has 1 nitrogen and oxygen atoms in total. The molecule has 2 rings (SSSR count). The van der Waals surface area contributed by atoms with Gasteiger partial charge in [0.1, 0.15) is 0 Å². The molecular weight excluding hydrogens is 301 g/mol. The van der Waals surface area contributed by atoms with Crippen LogP contribution in [0.1, 0.15) is 24.5 Å². The first-order chi connectivity index (χ1) is 10.2. The SMILES string of the molecule is CCCNC(Cc1cccc(Cl)c1)Cc1ccccc1Cl. The minimum atomic E-state index is 0.364. The van der Waals surface area contributed by atoms with Crippen molar-refractivity contribution in [2.75, 3.05) is 6.54 Å². The molecule has 0 aliphatic rings. The lowest BCUT2D eigenvalue weighted by Crippen LogP contribution is -2.33. The van der Waals surface area contributed by atoms with Gasteiger partial charge in [-0.1, -0.05) is 60.5 Å². The fraction of sp³-hybridized carbons (Fsp3) is 0.333. The maximum Gasteiger partial charge on any atom is 0.0438 e. The van der Waals surface area contributed by atoms with E-state index in [1.54, 1.807) is 0 Å². The Morgan fingerprint density at radius 1 is 1.00 bits per heavy atom. The first-order valence-corrected chi connectivity index (χ1v) is 8.16. The topological polar surface area (TPSA) is 12.0 Å². The summed E-state index contributed by atoms with van der Waals surface area (Å²) < 4.78 is 0. The van der Waals surface area contributed by atoms with Gasteiger partial charge in [-0.05, 0) is 55.1 Å². The average molecular weight is 322 g/mol. The Balaban J connectivity index is 2.09. The molecule has 1 unspecified atom stereocenters. The van der Waals surface area contributed by atoms with Crippen molar-refractivity contribution in [2.24, 2.45) is 0 Å². The molecule has 1 atom stereocenters. The fourth-order valence-electron chi connectivity index (χ4n) is 2.44. The van der Waals surface area contributed by atoms with Gasteiger partial charge in [0.05, 0.1) is 0 Å². The molecule has 1 N–H and O–H groups in total. The number of rotatable bonds is 7. The minimum Gasteiger partial charge on any atom is -0.313 e. The van der Waals surface area contributed by atoms with Gasteiger partial charge in [0.2, 0.25) is 0 Å². The van der Waals surface area contributed by atoms with Crippen molar-refractivity contribution in [1.82, 2.24) is 5.32 Å². The third-order valence-electron chi connectivity index (χ3n) is 3.48. The number of hydrogen-bond acceptors (Lipinski definition) is 1. The second-order valence-electron chi connectivity index (χ2n) is 5.28. The Bertz CT molecular complexity index is 569. The molecule has 0 bridgehead atoms. The van der Waals surface area contributed by atoms with E-state index in [2.05, 4.69) is 24.4 Å². The van der Waals surface area contributed by atoms with Crippen molar-refractivity contribution in [3.05, 3.63) is 69.7 Å². The van der Waals surface area contributed by atoms with Gasteiger partial charge in [0.25, 0.3) is 0 Å². The molecule has 0 radical (unpaired) electrons. The maximum atomic E-state index is 6.28. The van der Waals surface area contributed by atoms with Crippen LogP contribution in [0.2, 0.25) is 10.0 Å². The van der Waals surface area contributed by atoms with E-state index in [4.69, 9.17) is 23.2 Å². The highest BCUT2D eigenvalue weighted by molar-refractivity contribution is 6.31. The molecule has 0 aromatic heterocycles. The molecule has 3 heteroatoms. The highest BCUT2D eigenvalue weighted by atomic mass is 35.5. The number of benzene rings is 2. The predicted octanol–water partition coefficient (Wildman–Crippen LogP) is 5.15. The molecule has 2 aromatic rings. The van der Waals surface area contributed by atoms with E-state index in [-0.39, 0.29) is 0 Å². The molecule has 0 saturated carbocycles.